The van der Waals surface area contributed by atoms with Gasteiger partial charge in [0.15, 0.2) is 11.5 Å². The molecular formula is C16H19N3O3. The highest BCUT2D eigenvalue weighted by Crippen LogP contribution is 2.41. The lowest BCUT2D eigenvalue weighted by Gasteiger charge is -2.20. The summed E-state index contributed by atoms with van der Waals surface area (Å²) in [4.78, 5) is 12.1. The molecule has 0 aliphatic carbocycles. The Labute approximate surface area is 129 Å². The van der Waals surface area contributed by atoms with Gasteiger partial charge in [-0.3, -0.25) is 9.48 Å². The molecule has 2 heterocycles. The van der Waals surface area contributed by atoms with E-state index in [1.54, 1.807) is 16.9 Å². The number of hydrogen-bond acceptors (Lipinski definition) is 4. The molecule has 1 N–H and O–H groups in total. The molecule has 0 radical (unpaired) electrons. The number of carbonyl (C=O) groups is 1. The maximum absolute atomic E-state index is 12.1. The van der Waals surface area contributed by atoms with Crippen LogP contribution in [0.4, 0.5) is 5.69 Å². The Morgan fingerprint density at radius 1 is 1.36 bits per heavy atom. The highest BCUT2D eigenvalue weighted by molar-refractivity contribution is 5.92. The number of carbonyl (C=O) groups excluding carboxylic acids is 1. The minimum Gasteiger partial charge on any atom is -0.449 e. The second kappa shape index (κ2) is 5.36. The predicted octanol–water partition coefficient (Wildman–Crippen LogP) is 2.50. The first-order valence-corrected chi connectivity index (χ1v) is 7.27. The zero-order valence-corrected chi connectivity index (χ0v) is 12.9. The van der Waals surface area contributed by atoms with E-state index in [1.807, 2.05) is 39.2 Å². The Hall–Kier alpha value is -2.50. The van der Waals surface area contributed by atoms with Crippen molar-refractivity contribution in [2.75, 3.05) is 5.32 Å². The van der Waals surface area contributed by atoms with Gasteiger partial charge in [0.25, 0.3) is 0 Å². The molecule has 116 valence electrons. The molecule has 22 heavy (non-hydrogen) atoms. The monoisotopic (exact) mass is 301 g/mol. The number of anilines is 1. The molecule has 1 aliphatic rings. The molecule has 3 rings (SSSR count). The summed E-state index contributed by atoms with van der Waals surface area (Å²) < 4.78 is 13.2. The average molecular weight is 301 g/mol. The van der Waals surface area contributed by atoms with Crippen molar-refractivity contribution in [2.45, 2.75) is 32.5 Å². The molecule has 1 atom stereocenters. The summed E-state index contributed by atoms with van der Waals surface area (Å²) in [7, 11) is 1.82. The van der Waals surface area contributed by atoms with Crippen molar-refractivity contribution >= 4 is 11.6 Å². The zero-order valence-electron chi connectivity index (χ0n) is 12.9. The lowest BCUT2D eigenvalue weighted by molar-refractivity contribution is -0.115. The van der Waals surface area contributed by atoms with Crippen LogP contribution >= 0.6 is 0 Å². The van der Waals surface area contributed by atoms with Crippen molar-refractivity contribution in [3.8, 4) is 11.5 Å². The van der Waals surface area contributed by atoms with Crippen LogP contribution in [0.3, 0.4) is 0 Å². The SMILES string of the molecule is CCC1(C)Oc2ccc(NC(=O)Cc3cnn(C)c3)cc2O1. The predicted molar refractivity (Wildman–Crippen MR) is 81.9 cm³/mol. The Morgan fingerprint density at radius 2 is 2.14 bits per heavy atom. The molecule has 0 fully saturated rings. The summed E-state index contributed by atoms with van der Waals surface area (Å²) in [6, 6.07) is 5.41. The summed E-state index contributed by atoms with van der Waals surface area (Å²) in [5, 5.41) is 6.91. The number of hydrogen-bond donors (Lipinski definition) is 1. The van der Waals surface area contributed by atoms with Gasteiger partial charge in [0.2, 0.25) is 11.7 Å². The number of aryl methyl sites for hydroxylation is 1. The third kappa shape index (κ3) is 2.90. The highest BCUT2D eigenvalue weighted by Gasteiger charge is 2.34. The lowest BCUT2D eigenvalue weighted by atomic mass is 10.2. The smallest absolute Gasteiger partial charge is 0.248 e. The second-order valence-electron chi connectivity index (χ2n) is 5.60. The van der Waals surface area contributed by atoms with Crippen LogP contribution in [0.15, 0.2) is 30.6 Å². The van der Waals surface area contributed by atoms with E-state index in [1.165, 1.54) is 0 Å². The van der Waals surface area contributed by atoms with Crippen molar-refractivity contribution in [3.05, 3.63) is 36.2 Å². The van der Waals surface area contributed by atoms with E-state index < -0.39 is 5.79 Å². The zero-order chi connectivity index (χ0) is 15.7. The van der Waals surface area contributed by atoms with Gasteiger partial charge in [0, 0.05) is 38.3 Å². The average Bonchev–Trinajstić information content (AvgIpc) is 3.01. The van der Waals surface area contributed by atoms with Gasteiger partial charge < -0.3 is 14.8 Å². The molecule has 1 aromatic heterocycles. The fraction of sp³-hybridized carbons (Fsp3) is 0.375. The van der Waals surface area contributed by atoms with Gasteiger partial charge in [-0.25, -0.2) is 0 Å². The normalized spacial score (nSPS) is 19.2. The minimum atomic E-state index is -0.624. The van der Waals surface area contributed by atoms with Crippen LogP contribution < -0.4 is 14.8 Å². The Kier molecular flexibility index (Phi) is 3.52. The number of nitrogens with zero attached hydrogens (tertiary/aromatic N) is 2. The number of fused-ring (bicyclic) bond motifs is 1. The molecule has 1 unspecified atom stereocenters. The lowest BCUT2D eigenvalue weighted by Crippen LogP contribution is -2.33. The summed E-state index contributed by atoms with van der Waals surface area (Å²) in [6.07, 6.45) is 4.54. The van der Waals surface area contributed by atoms with E-state index in [2.05, 4.69) is 10.4 Å². The summed E-state index contributed by atoms with van der Waals surface area (Å²) in [5.41, 5.74) is 1.57. The van der Waals surface area contributed by atoms with Crippen LogP contribution in [-0.2, 0) is 18.3 Å². The number of aromatic nitrogens is 2. The molecule has 1 aromatic carbocycles. The van der Waals surface area contributed by atoms with Crippen molar-refractivity contribution in [1.29, 1.82) is 0 Å². The number of rotatable bonds is 4. The fourth-order valence-electron chi connectivity index (χ4n) is 2.33. The van der Waals surface area contributed by atoms with Crippen LogP contribution in [-0.4, -0.2) is 21.5 Å². The molecule has 6 nitrogen and oxygen atoms in total. The van der Waals surface area contributed by atoms with E-state index in [-0.39, 0.29) is 12.3 Å². The molecule has 0 bridgehead atoms. The van der Waals surface area contributed by atoms with Gasteiger partial charge in [-0.15, -0.1) is 0 Å². The highest BCUT2D eigenvalue weighted by atomic mass is 16.7. The van der Waals surface area contributed by atoms with Crippen molar-refractivity contribution in [3.63, 3.8) is 0 Å². The number of ether oxygens (including phenoxy) is 2. The topological polar surface area (TPSA) is 65.4 Å². The van der Waals surface area contributed by atoms with Gasteiger partial charge in [-0.05, 0) is 17.7 Å². The molecule has 1 amide bonds. The summed E-state index contributed by atoms with van der Waals surface area (Å²) >= 11 is 0. The van der Waals surface area contributed by atoms with Gasteiger partial charge >= 0.3 is 0 Å². The Bertz CT molecular complexity index is 710. The van der Waals surface area contributed by atoms with Crippen LogP contribution in [0, 0.1) is 0 Å². The molecule has 0 saturated carbocycles. The molecule has 0 saturated heterocycles. The number of nitrogens with one attached hydrogen (secondary N) is 1. The summed E-state index contributed by atoms with van der Waals surface area (Å²) in [6.45, 7) is 3.90. The van der Waals surface area contributed by atoms with Crippen LogP contribution in [0.5, 0.6) is 11.5 Å². The first-order chi connectivity index (χ1) is 10.5. The third-order valence-electron chi connectivity index (χ3n) is 3.64. The van der Waals surface area contributed by atoms with Crippen molar-refractivity contribution in [1.82, 2.24) is 9.78 Å². The van der Waals surface area contributed by atoms with Gasteiger partial charge in [0.1, 0.15) is 0 Å². The minimum absolute atomic E-state index is 0.0925. The number of benzene rings is 1. The molecule has 6 heteroatoms. The van der Waals surface area contributed by atoms with Gasteiger partial charge in [0.05, 0.1) is 12.6 Å². The number of amides is 1. The van der Waals surface area contributed by atoms with E-state index in [0.29, 0.717) is 17.2 Å². The molecular weight excluding hydrogens is 282 g/mol. The summed E-state index contributed by atoms with van der Waals surface area (Å²) in [5.74, 6) is 0.643. The van der Waals surface area contributed by atoms with E-state index >= 15 is 0 Å². The fourth-order valence-corrected chi connectivity index (χ4v) is 2.33. The maximum atomic E-state index is 12.1. The van der Waals surface area contributed by atoms with Crippen LogP contribution in [0.1, 0.15) is 25.8 Å². The molecule has 1 aliphatic heterocycles. The first-order valence-electron chi connectivity index (χ1n) is 7.27. The van der Waals surface area contributed by atoms with Crippen molar-refractivity contribution < 1.29 is 14.3 Å². The largest absolute Gasteiger partial charge is 0.449 e. The van der Waals surface area contributed by atoms with E-state index in [4.69, 9.17) is 9.47 Å². The van der Waals surface area contributed by atoms with Gasteiger partial charge in [-0.1, -0.05) is 6.92 Å². The third-order valence-corrected chi connectivity index (χ3v) is 3.64. The molecule has 0 spiro atoms. The molecule has 2 aromatic rings. The van der Waals surface area contributed by atoms with Crippen LogP contribution in [0.2, 0.25) is 0 Å². The standard InChI is InChI=1S/C16H19N3O3/c1-4-16(2)21-13-6-5-12(8-14(13)22-16)18-15(20)7-11-9-17-19(3)10-11/h5-6,8-10H,4,7H2,1-3H3,(H,18,20). The second-order valence-corrected chi connectivity index (χ2v) is 5.60. The quantitative estimate of drug-likeness (QED) is 0.942. The van der Waals surface area contributed by atoms with E-state index in [9.17, 15) is 4.79 Å². The Balaban J connectivity index is 1.67. The van der Waals surface area contributed by atoms with Gasteiger partial charge in [-0.2, -0.15) is 5.10 Å². The van der Waals surface area contributed by atoms with Crippen molar-refractivity contribution in [2.24, 2.45) is 7.05 Å². The van der Waals surface area contributed by atoms with Crippen LogP contribution in [0.25, 0.3) is 0 Å². The Morgan fingerprint density at radius 3 is 2.82 bits per heavy atom. The first kappa shape index (κ1) is 14.4. The maximum Gasteiger partial charge on any atom is 0.248 e. The van der Waals surface area contributed by atoms with E-state index in [0.717, 1.165) is 12.0 Å².